The summed E-state index contributed by atoms with van der Waals surface area (Å²) in [5.74, 6) is -0.888. The lowest BCUT2D eigenvalue weighted by Gasteiger charge is -2.29. The van der Waals surface area contributed by atoms with E-state index < -0.39 is 5.97 Å². The number of hydrazine groups is 1. The molecule has 2 N–H and O–H groups in total. The van der Waals surface area contributed by atoms with Crippen molar-refractivity contribution in [3.05, 3.63) is 42.0 Å². The van der Waals surface area contributed by atoms with E-state index in [4.69, 9.17) is 5.11 Å². The Morgan fingerprint density at radius 3 is 3.00 bits per heavy atom. The lowest BCUT2D eigenvalue weighted by atomic mass is 10.1. The second-order valence-corrected chi connectivity index (χ2v) is 4.14. The molecule has 0 saturated heterocycles. The van der Waals surface area contributed by atoms with Gasteiger partial charge in [0.15, 0.2) is 0 Å². The van der Waals surface area contributed by atoms with Gasteiger partial charge in [-0.2, -0.15) is 10.2 Å². The average molecular weight is 274 g/mol. The Labute approximate surface area is 115 Å². The van der Waals surface area contributed by atoms with Gasteiger partial charge in [0.05, 0.1) is 12.1 Å². The van der Waals surface area contributed by atoms with Crippen LogP contribution in [0.15, 0.2) is 36.3 Å². The molecule has 1 aliphatic rings. The summed E-state index contributed by atoms with van der Waals surface area (Å²) in [5.41, 5.74) is 5.14. The number of nitrogens with one attached hydrogen (secondary N) is 1. The Morgan fingerprint density at radius 1 is 1.50 bits per heavy atom. The maximum absolute atomic E-state index is 10.7. The molecule has 0 atom stereocenters. The summed E-state index contributed by atoms with van der Waals surface area (Å²) in [7, 11) is 0. The predicted octanol–water partition coefficient (Wildman–Crippen LogP) is 0.585. The van der Waals surface area contributed by atoms with E-state index in [1.54, 1.807) is 29.5 Å². The highest BCUT2D eigenvalue weighted by molar-refractivity contribution is 5.74. The van der Waals surface area contributed by atoms with Crippen LogP contribution < -0.4 is 5.43 Å². The van der Waals surface area contributed by atoms with Crippen molar-refractivity contribution in [1.29, 1.82) is 0 Å². The number of aromatic nitrogens is 2. The molecule has 7 heteroatoms. The van der Waals surface area contributed by atoms with Gasteiger partial charge in [-0.25, -0.2) is 0 Å². The number of aldehydes is 1. The van der Waals surface area contributed by atoms with Gasteiger partial charge in [-0.3, -0.25) is 9.80 Å². The molecule has 0 fully saturated rings. The van der Waals surface area contributed by atoms with Crippen molar-refractivity contribution in [2.75, 3.05) is 6.54 Å². The highest BCUT2D eigenvalue weighted by Gasteiger charge is 2.16. The van der Waals surface area contributed by atoms with Gasteiger partial charge >= 0.3 is 5.97 Å². The van der Waals surface area contributed by atoms with Crippen molar-refractivity contribution < 1.29 is 14.7 Å². The number of carboxylic acids is 1. The number of rotatable bonds is 6. The number of nitrogens with zero attached hydrogens (tertiary/aromatic N) is 3. The van der Waals surface area contributed by atoms with Gasteiger partial charge in [-0.1, -0.05) is 0 Å². The van der Waals surface area contributed by atoms with E-state index in [2.05, 4.69) is 15.6 Å². The van der Waals surface area contributed by atoms with Crippen molar-refractivity contribution in [2.45, 2.75) is 12.8 Å². The Kier molecular flexibility index (Phi) is 4.43. The number of carbonyl (C=O) groups excluding carboxylic acids is 1. The normalized spacial score (nSPS) is 14.1. The first-order valence-corrected chi connectivity index (χ1v) is 6.08. The fourth-order valence-corrected chi connectivity index (χ4v) is 1.80. The van der Waals surface area contributed by atoms with Gasteiger partial charge in [0.2, 0.25) is 0 Å². The molecule has 1 aromatic heterocycles. The van der Waals surface area contributed by atoms with Crippen LogP contribution in [0, 0.1) is 0 Å². The van der Waals surface area contributed by atoms with Crippen LogP contribution in [0.4, 0.5) is 0 Å². The molecule has 1 aliphatic heterocycles. The highest BCUT2D eigenvalue weighted by Crippen LogP contribution is 2.20. The van der Waals surface area contributed by atoms with Gasteiger partial charge in [0, 0.05) is 36.6 Å². The fraction of sp³-hybridized carbons (Fsp3) is 0.231. The Bertz CT molecular complexity index is 554. The molecule has 104 valence electrons. The topological polar surface area (TPSA) is 95.4 Å². The van der Waals surface area contributed by atoms with E-state index in [1.165, 1.54) is 0 Å². The SMILES string of the molecule is O=CCC1=CC(c2cccnn2)=CNN1CCC(=O)O. The summed E-state index contributed by atoms with van der Waals surface area (Å²) in [6, 6.07) is 3.58. The maximum Gasteiger partial charge on any atom is 0.305 e. The van der Waals surface area contributed by atoms with E-state index in [0.717, 1.165) is 11.9 Å². The number of carbonyl (C=O) groups is 2. The number of aliphatic carboxylic acids is 1. The lowest BCUT2D eigenvalue weighted by Crippen LogP contribution is -2.37. The van der Waals surface area contributed by atoms with Crippen LogP contribution in [-0.4, -0.2) is 39.1 Å². The predicted molar refractivity (Wildman–Crippen MR) is 70.9 cm³/mol. The number of hydrogen-bond donors (Lipinski definition) is 2. The molecule has 0 radical (unpaired) electrons. The molecule has 2 heterocycles. The van der Waals surface area contributed by atoms with Crippen LogP contribution in [0.1, 0.15) is 18.5 Å². The Hall–Kier alpha value is -2.70. The third kappa shape index (κ3) is 3.41. The fourth-order valence-electron chi connectivity index (χ4n) is 1.80. The van der Waals surface area contributed by atoms with Gasteiger partial charge in [0.1, 0.15) is 6.29 Å². The molecule has 7 nitrogen and oxygen atoms in total. The molecular formula is C13H14N4O3. The summed E-state index contributed by atoms with van der Waals surface area (Å²) in [4.78, 5) is 21.4. The zero-order valence-corrected chi connectivity index (χ0v) is 10.7. The van der Waals surface area contributed by atoms with Crippen LogP contribution in [0.5, 0.6) is 0 Å². The van der Waals surface area contributed by atoms with Crippen LogP contribution in [-0.2, 0) is 9.59 Å². The van der Waals surface area contributed by atoms with Crippen LogP contribution in [0.25, 0.3) is 5.57 Å². The maximum atomic E-state index is 10.7. The first-order chi connectivity index (χ1) is 9.70. The molecule has 0 amide bonds. The molecule has 2 rings (SSSR count). The van der Waals surface area contributed by atoms with Crippen LogP contribution in [0.2, 0.25) is 0 Å². The van der Waals surface area contributed by atoms with Gasteiger partial charge < -0.3 is 15.3 Å². The van der Waals surface area contributed by atoms with Crippen molar-refractivity contribution >= 4 is 17.8 Å². The Morgan fingerprint density at radius 2 is 2.35 bits per heavy atom. The summed E-state index contributed by atoms with van der Waals surface area (Å²) in [6.07, 6.45) is 6.05. The molecule has 0 spiro atoms. The number of allylic oxidation sites excluding steroid dienone is 3. The van der Waals surface area contributed by atoms with E-state index in [9.17, 15) is 9.59 Å². The zero-order chi connectivity index (χ0) is 14.4. The standard InChI is InChI=1S/C13H14N4O3/c18-7-4-11-8-10(12-2-1-5-14-16-12)9-15-17(11)6-3-13(19)20/h1-2,5,7-9,15H,3-4,6H2,(H,19,20). The summed E-state index contributed by atoms with van der Waals surface area (Å²) in [6.45, 7) is 0.277. The van der Waals surface area contributed by atoms with E-state index in [-0.39, 0.29) is 19.4 Å². The van der Waals surface area contributed by atoms with Crippen LogP contribution >= 0.6 is 0 Å². The Balaban J connectivity index is 2.16. The third-order valence-corrected chi connectivity index (χ3v) is 2.75. The second kappa shape index (κ2) is 6.46. The minimum atomic E-state index is -0.888. The van der Waals surface area contributed by atoms with Crippen molar-refractivity contribution in [3.8, 4) is 0 Å². The third-order valence-electron chi connectivity index (χ3n) is 2.75. The smallest absolute Gasteiger partial charge is 0.305 e. The van der Waals surface area contributed by atoms with Crippen molar-refractivity contribution in [1.82, 2.24) is 20.6 Å². The summed E-state index contributed by atoms with van der Waals surface area (Å²) in [5, 5.41) is 18.1. The van der Waals surface area contributed by atoms with E-state index in [1.807, 2.05) is 6.07 Å². The first-order valence-electron chi connectivity index (χ1n) is 6.08. The number of hydrogen-bond acceptors (Lipinski definition) is 6. The van der Waals surface area contributed by atoms with E-state index in [0.29, 0.717) is 11.4 Å². The molecular weight excluding hydrogens is 260 g/mol. The van der Waals surface area contributed by atoms with Gasteiger partial charge in [0.25, 0.3) is 0 Å². The molecule has 0 aliphatic carbocycles. The summed E-state index contributed by atoms with van der Waals surface area (Å²) < 4.78 is 0. The first kappa shape index (κ1) is 13.7. The van der Waals surface area contributed by atoms with Crippen molar-refractivity contribution in [3.63, 3.8) is 0 Å². The number of carboxylic acid groups (broad SMARTS) is 1. The molecule has 1 aromatic rings. The van der Waals surface area contributed by atoms with Crippen LogP contribution in [0.3, 0.4) is 0 Å². The molecule has 0 aromatic carbocycles. The lowest BCUT2D eigenvalue weighted by molar-refractivity contribution is -0.137. The van der Waals surface area contributed by atoms with Crippen molar-refractivity contribution in [2.24, 2.45) is 0 Å². The zero-order valence-electron chi connectivity index (χ0n) is 10.7. The largest absolute Gasteiger partial charge is 0.481 e. The average Bonchev–Trinajstić information content (AvgIpc) is 2.47. The highest BCUT2D eigenvalue weighted by atomic mass is 16.4. The van der Waals surface area contributed by atoms with Gasteiger partial charge in [-0.05, 0) is 18.2 Å². The summed E-state index contributed by atoms with van der Waals surface area (Å²) >= 11 is 0. The molecule has 0 saturated carbocycles. The van der Waals surface area contributed by atoms with Gasteiger partial charge in [-0.15, -0.1) is 0 Å². The quantitative estimate of drug-likeness (QED) is 0.733. The minimum absolute atomic E-state index is 0.0164. The van der Waals surface area contributed by atoms with E-state index >= 15 is 0 Å². The molecule has 0 unspecified atom stereocenters. The molecule has 20 heavy (non-hydrogen) atoms. The molecule has 0 bridgehead atoms. The minimum Gasteiger partial charge on any atom is -0.481 e. The monoisotopic (exact) mass is 274 g/mol. The second-order valence-electron chi connectivity index (χ2n) is 4.14.